The maximum absolute atomic E-state index is 13.4. The van der Waals surface area contributed by atoms with Gasteiger partial charge in [0.1, 0.15) is 23.0 Å². The van der Waals surface area contributed by atoms with Gasteiger partial charge in [0, 0.05) is 16.7 Å². The predicted molar refractivity (Wildman–Crippen MR) is 136 cm³/mol. The lowest BCUT2D eigenvalue weighted by atomic mass is 9.84. The molecule has 0 spiro atoms. The van der Waals surface area contributed by atoms with Crippen molar-refractivity contribution in [2.45, 2.75) is 45.7 Å². The number of para-hydroxylation sites is 1. The molecule has 1 aliphatic heterocycles. The Balaban J connectivity index is 1.92. The number of ketones is 1. The van der Waals surface area contributed by atoms with E-state index >= 15 is 0 Å². The molecule has 1 aromatic heterocycles. The minimum absolute atomic E-state index is 0.0000696. The summed E-state index contributed by atoms with van der Waals surface area (Å²) in [5, 5.41) is 11.5. The average molecular weight is 490 g/mol. The molecular formula is C29H31NO6. The fourth-order valence-electron chi connectivity index (χ4n) is 4.53. The number of carbonyl (C=O) groups excluding carboxylic acids is 2. The molecule has 36 heavy (non-hydrogen) atoms. The normalized spacial score (nSPS) is 17.5. The standard InChI is InChI=1S/C29H31NO6/c1-6-35-23-14-13-18(16-21(23)29(2,3)4)26(31)24-25(20-11-7-8-12-22(20)34-5)30(28(33)27(24)32)17-19-10-9-15-36-19/h7-16,25,31H,6,17H2,1-5H3/b26-24+. The Bertz CT molecular complexity index is 1300. The number of hydrogen-bond acceptors (Lipinski definition) is 6. The lowest BCUT2D eigenvalue weighted by Crippen LogP contribution is -2.29. The van der Waals surface area contributed by atoms with Crippen LogP contribution in [-0.2, 0) is 21.5 Å². The van der Waals surface area contributed by atoms with E-state index in [-0.39, 0.29) is 23.3 Å². The van der Waals surface area contributed by atoms with Gasteiger partial charge >= 0.3 is 0 Å². The van der Waals surface area contributed by atoms with Crippen LogP contribution in [0.5, 0.6) is 11.5 Å². The van der Waals surface area contributed by atoms with Crippen molar-refractivity contribution in [1.82, 2.24) is 4.90 Å². The first-order valence-corrected chi connectivity index (χ1v) is 11.9. The number of likely N-dealkylation sites (tertiary alicyclic amines) is 1. The van der Waals surface area contributed by atoms with Crippen LogP contribution in [0.15, 0.2) is 70.9 Å². The minimum atomic E-state index is -0.865. The molecule has 0 saturated carbocycles. The quantitative estimate of drug-likeness (QED) is 0.264. The molecule has 1 aliphatic rings. The number of methoxy groups -OCH3 is 1. The molecule has 7 nitrogen and oxygen atoms in total. The van der Waals surface area contributed by atoms with Crippen molar-refractivity contribution < 1.29 is 28.6 Å². The number of carbonyl (C=O) groups is 2. The Kier molecular flexibility index (Phi) is 6.93. The Morgan fingerprint density at radius 3 is 2.44 bits per heavy atom. The van der Waals surface area contributed by atoms with Crippen LogP contribution < -0.4 is 9.47 Å². The summed E-state index contributed by atoms with van der Waals surface area (Å²) in [4.78, 5) is 28.1. The topological polar surface area (TPSA) is 89.2 Å². The Morgan fingerprint density at radius 1 is 1.06 bits per heavy atom. The predicted octanol–water partition coefficient (Wildman–Crippen LogP) is 5.61. The Hall–Kier alpha value is -4.00. The molecule has 188 valence electrons. The van der Waals surface area contributed by atoms with Gasteiger partial charge in [-0.1, -0.05) is 39.0 Å². The van der Waals surface area contributed by atoms with E-state index in [0.29, 0.717) is 35.0 Å². The fourth-order valence-corrected chi connectivity index (χ4v) is 4.53. The van der Waals surface area contributed by atoms with Crippen molar-refractivity contribution >= 4 is 17.4 Å². The summed E-state index contributed by atoms with van der Waals surface area (Å²) >= 11 is 0. The Morgan fingerprint density at radius 2 is 1.81 bits per heavy atom. The second-order valence-corrected chi connectivity index (χ2v) is 9.64. The van der Waals surface area contributed by atoms with E-state index in [1.54, 1.807) is 42.5 Å². The van der Waals surface area contributed by atoms with E-state index < -0.39 is 17.7 Å². The Labute approximate surface area is 210 Å². The number of rotatable bonds is 7. The van der Waals surface area contributed by atoms with Gasteiger partial charge in [0.2, 0.25) is 0 Å². The zero-order valence-corrected chi connectivity index (χ0v) is 21.2. The van der Waals surface area contributed by atoms with Crippen molar-refractivity contribution in [2.24, 2.45) is 0 Å². The number of Topliss-reactive ketones (excluding diaryl/α,β-unsaturated/α-hetero) is 1. The van der Waals surface area contributed by atoms with Gasteiger partial charge in [0.25, 0.3) is 11.7 Å². The third-order valence-electron chi connectivity index (χ3n) is 6.24. The number of furan rings is 1. The number of hydrogen-bond donors (Lipinski definition) is 1. The highest BCUT2D eigenvalue weighted by Crippen LogP contribution is 2.44. The first-order chi connectivity index (χ1) is 17.2. The van der Waals surface area contributed by atoms with Crippen molar-refractivity contribution in [1.29, 1.82) is 0 Å². The summed E-state index contributed by atoms with van der Waals surface area (Å²) in [6.07, 6.45) is 1.51. The highest BCUT2D eigenvalue weighted by atomic mass is 16.5. The van der Waals surface area contributed by atoms with Crippen LogP contribution in [0.3, 0.4) is 0 Å². The zero-order valence-electron chi connectivity index (χ0n) is 21.2. The third kappa shape index (κ3) is 4.61. The number of ether oxygens (including phenoxy) is 2. The number of amides is 1. The van der Waals surface area contributed by atoms with Crippen LogP contribution in [0.1, 0.15) is 56.2 Å². The lowest BCUT2D eigenvalue weighted by molar-refractivity contribution is -0.140. The molecule has 1 fully saturated rings. The van der Waals surface area contributed by atoms with Crippen LogP contribution in [0.4, 0.5) is 0 Å². The summed E-state index contributed by atoms with van der Waals surface area (Å²) < 4.78 is 16.8. The van der Waals surface area contributed by atoms with Gasteiger partial charge in [0.15, 0.2) is 0 Å². The van der Waals surface area contributed by atoms with Gasteiger partial charge in [-0.15, -0.1) is 0 Å². The molecule has 4 rings (SSSR count). The van der Waals surface area contributed by atoms with Crippen LogP contribution >= 0.6 is 0 Å². The second kappa shape index (κ2) is 9.93. The molecule has 0 bridgehead atoms. The molecule has 2 aromatic carbocycles. The maximum atomic E-state index is 13.4. The summed E-state index contributed by atoms with van der Waals surface area (Å²) in [5.74, 6) is 0.00235. The van der Waals surface area contributed by atoms with Gasteiger partial charge in [-0.25, -0.2) is 0 Å². The number of aliphatic hydroxyl groups is 1. The highest BCUT2D eigenvalue weighted by Gasteiger charge is 2.47. The number of nitrogens with zero attached hydrogens (tertiary/aromatic N) is 1. The van der Waals surface area contributed by atoms with Gasteiger partial charge in [0.05, 0.1) is 38.1 Å². The van der Waals surface area contributed by atoms with E-state index in [2.05, 4.69) is 0 Å². The van der Waals surface area contributed by atoms with Gasteiger partial charge in [-0.2, -0.15) is 0 Å². The van der Waals surface area contributed by atoms with Crippen LogP contribution in [0.2, 0.25) is 0 Å². The molecule has 1 saturated heterocycles. The molecule has 1 unspecified atom stereocenters. The molecule has 3 aromatic rings. The van der Waals surface area contributed by atoms with Crippen molar-refractivity contribution in [3.05, 3.63) is 88.9 Å². The summed E-state index contributed by atoms with van der Waals surface area (Å²) in [6.45, 7) is 8.62. The smallest absolute Gasteiger partial charge is 0.296 e. The summed E-state index contributed by atoms with van der Waals surface area (Å²) in [6, 6.07) is 15.1. The van der Waals surface area contributed by atoms with E-state index in [0.717, 1.165) is 5.56 Å². The van der Waals surface area contributed by atoms with Crippen molar-refractivity contribution in [3.8, 4) is 11.5 Å². The molecule has 1 atom stereocenters. The van der Waals surface area contributed by atoms with E-state index in [1.807, 2.05) is 39.8 Å². The van der Waals surface area contributed by atoms with Crippen LogP contribution in [0, 0.1) is 0 Å². The maximum Gasteiger partial charge on any atom is 0.296 e. The summed E-state index contributed by atoms with van der Waals surface area (Å²) in [5.41, 5.74) is 1.62. The summed E-state index contributed by atoms with van der Waals surface area (Å²) in [7, 11) is 1.53. The fraction of sp³-hybridized carbons (Fsp3) is 0.310. The molecule has 1 N–H and O–H groups in total. The molecular weight excluding hydrogens is 458 g/mol. The second-order valence-electron chi connectivity index (χ2n) is 9.64. The van der Waals surface area contributed by atoms with Crippen LogP contribution in [-0.4, -0.2) is 35.4 Å². The largest absolute Gasteiger partial charge is 0.507 e. The van der Waals surface area contributed by atoms with E-state index in [4.69, 9.17) is 13.9 Å². The van der Waals surface area contributed by atoms with Crippen LogP contribution in [0.25, 0.3) is 5.76 Å². The van der Waals surface area contributed by atoms with E-state index in [9.17, 15) is 14.7 Å². The average Bonchev–Trinajstić information content (AvgIpc) is 3.46. The zero-order chi connectivity index (χ0) is 26.0. The van der Waals surface area contributed by atoms with Gasteiger partial charge in [-0.3, -0.25) is 9.59 Å². The highest BCUT2D eigenvalue weighted by molar-refractivity contribution is 6.46. The number of aliphatic hydroxyl groups excluding tert-OH is 1. The molecule has 7 heteroatoms. The first kappa shape index (κ1) is 25.1. The first-order valence-electron chi connectivity index (χ1n) is 11.9. The monoisotopic (exact) mass is 489 g/mol. The molecule has 0 radical (unpaired) electrons. The molecule has 0 aliphatic carbocycles. The molecule has 2 heterocycles. The minimum Gasteiger partial charge on any atom is -0.507 e. The third-order valence-corrected chi connectivity index (χ3v) is 6.24. The van der Waals surface area contributed by atoms with E-state index in [1.165, 1.54) is 18.3 Å². The van der Waals surface area contributed by atoms with Crippen molar-refractivity contribution in [2.75, 3.05) is 13.7 Å². The molecule has 1 amide bonds. The lowest BCUT2D eigenvalue weighted by Gasteiger charge is -2.26. The number of benzene rings is 2. The van der Waals surface area contributed by atoms with Gasteiger partial charge in [-0.05, 0) is 48.7 Å². The van der Waals surface area contributed by atoms with Crippen molar-refractivity contribution in [3.63, 3.8) is 0 Å². The SMILES string of the molecule is CCOc1ccc(/C(O)=C2\C(=O)C(=O)N(Cc3ccco3)C2c2ccccc2OC)cc1C(C)(C)C. The van der Waals surface area contributed by atoms with Gasteiger partial charge < -0.3 is 23.9 Å².